The molecule has 0 bridgehead atoms. The summed E-state index contributed by atoms with van der Waals surface area (Å²) < 4.78 is 17.9. The van der Waals surface area contributed by atoms with Gasteiger partial charge in [-0.3, -0.25) is 5.32 Å². The molecule has 7 heteroatoms. The Labute approximate surface area is 132 Å². The molecule has 0 spiro atoms. The van der Waals surface area contributed by atoms with Crippen molar-refractivity contribution >= 4 is 11.8 Å². The summed E-state index contributed by atoms with van der Waals surface area (Å²) >= 11 is 0. The quantitative estimate of drug-likeness (QED) is 0.888. The third-order valence-electron chi connectivity index (χ3n) is 3.74. The highest BCUT2D eigenvalue weighted by molar-refractivity contribution is 5.88. The van der Waals surface area contributed by atoms with Crippen molar-refractivity contribution in [1.82, 2.24) is 10.1 Å². The molecule has 1 aromatic carbocycles. The van der Waals surface area contributed by atoms with E-state index in [-0.39, 0.29) is 24.4 Å². The average molecular weight is 319 g/mol. The number of anilines is 1. The van der Waals surface area contributed by atoms with Crippen LogP contribution in [0.15, 0.2) is 34.9 Å². The largest absolute Gasteiger partial charge is 0.387 e. The van der Waals surface area contributed by atoms with E-state index >= 15 is 0 Å². The molecule has 1 saturated carbocycles. The van der Waals surface area contributed by atoms with E-state index < -0.39 is 6.10 Å². The van der Waals surface area contributed by atoms with Crippen LogP contribution in [0.1, 0.15) is 30.3 Å². The highest BCUT2D eigenvalue weighted by atomic mass is 19.1. The molecule has 122 valence electrons. The van der Waals surface area contributed by atoms with Gasteiger partial charge >= 0.3 is 6.03 Å². The maximum Gasteiger partial charge on any atom is 0.323 e. The zero-order valence-electron chi connectivity index (χ0n) is 12.7. The normalized spacial score (nSPS) is 15.3. The van der Waals surface area contributed by atoms with Gasteiger partial charge in [0.25, 0.3) is 0 Å². The predicted octanol–water partition coefficient (Wildman–Crippen LogP) is 2.85. The second-order valence-corrected chi connectivity index (χ2v) is 5.70. The third kappa shape index (κ3) is 3.87. The number of nitrogens with zero attached hydrogens (tertiary/aromatic N) is 2. The van der Waals surface area contributed by atoms with Gasteiger partial charge in [0.1, 0.15) is 11.6 Å². The van der Waals surface area contributed by atoms with Gasteiger partial charge in [-0.15, -0.1) is 0 Å². The lowest BCUT2D eigenvalue weighted by Crippen LogP contribution is -2.39. The smallest absolute Gasteiger partial charge is 0.323 e. The van der Waals surface area contributed by atoms with E-state index in [1.54, 1.807) is 17.9 Å². The molecule has 2 amide bonds. The molecule has 23 heavy (non-hydrogen) atoms. The van der Waals surface area contributed by atoms with Crippen molar-refractivity contribution in [3.8, 4) is 0 Å². The number of halogens is 1. The molecular weight excluding hydrogens is 301 g/mol. The van der Waals surface area contributed by atoms with Crippen LogP contribution in [0.25, 0.3) is 0 Å². The van der Waals surface area contributed by atoms with E-state index in [1.165, 1.54) is 24.3 Å². The number of benzene rings is 1. The van der Waals surface area contributed by atoms with Crippen LogP contribution in [0, 0.1) is 12.7 Å². The first-order chi connectivity index (χ1) is 11.0. The van der Waals surface area contributed by atoms with Gasteiger partial charge in [0.2, 0.25) is 0 Å². The molecule has 0 radical (unpaired) electrons. The minimum absolute atomic E-state index is 0.109. The van der Waals surface area contributed by atoms with Gasteiger partial charge in [0.15, 0.2) is 5.82 Å². The number of nitrogens with one attached hydrogen (secondary N) is 1. The van der Waals surface area contributed by atoms with Crippen molar-refractivity contribution in [2.45, 2.75) is 31.9 Å². The number of hydrogen-bond acceptors (Lipinski definition) is 4. The van der Waals surface area contributed by atoms with Crippen LogP contribution in [0.3, 0.4) is 0 Å². The maximum atomic E-state index is 13.0. The minimum Gasteiger partial charge on any atom is -0.387 e. The van der Waals surface area contributed by atoms with Gasteiger partial charge in [0.05, 0.1) is 12.6 Å². The van der Waals surface area contributed by atoms with E-state index in [2.05, 4.69) is 10.5 Å². The second kappa shape index (κ2) is 6.37. The van der Waals surface area contributed by atoms with Crippen molar-refractivity contribution in [2.75, 3.05) is 11.9 Å². The molecule has 0 aliphatic heterocycles. The summed E-state index contributed by atoms with van der Waals surface area (Å²) in [6, 6.07) is 7.02. The van der Waals surface area contributed by atoms with Crippen LogP contribution in [-0.4, -0.2) is 33.8 Å². The Morgan fingerprint density at radius 2 is 2.17 bits per heavy atom. The van der Waals surface area contributed by atoms with Crippen LogP contribution in [0.2, 0.25) is 0 Å². The number of carbonyl (C=O) groups is 1. The summed E-state index contributed by atoms with van der Waals surface area (Å²) in [6.07, 6.45) is 0.934. The molecule has 1 aliphatic rings. The Balaban J connectivity index is 1.66. The number of aryl methyl sites for hydroxylation is 1. The van der Waals surface area contributed by atoms with Gasteiger partial charge < -0.3 is 14.5 Å². The van der Waals surface area contributed by atoms with E-state index in [1.807, 2.05) is 0 Å². The molecule has 1 aliphatic carbocycles. The number of aliphatic hydroxyl groups is 1. The molecule has 2 N–H and O–H groups in total. The number of aliphatic hydroxyl groups excluding tert-OH is 1. The zero-order valence-corrected chi connectivity index (χ0v) is 12.7. The Hall–Kier alpha value is -2.41. The summed E-state index contributed by atoms with van der Waals surface area (Å²) in [5.41, 5.74) is 0.571. The van der Waals surface area contributed by atoms with Crippen molar-refractivity contribution in [3.05, 3.63) is 47.5 Å². The summed E-state index contributed by atoms with van der Waals surface area (Å²) in [7, 11) is 0. The first-order valence-corrected chi connectivity index (χ1v) is 7.47. The highest BCUT2D eigenvalue weighted by Gasteiger charge is 2.34. The third-order valence-corrected chi connectivity index (χ3v) is 3.74. The van der Waals surface area contributed by atoms with Crippen LogP contribution in [-0.2, 0) is 0 Å². The summed E-state index contributed by atoms with van der Waals surface area (Å²) in [6.45, 7) is 1.87. The van der Waals surface area contributed by atoms with Crippen molar-refractivity contribution in [2.24, 2.45) is 0 Å². The molecular formula is C16H18FN3O3. The number of rotatable bonds is 5. The number of amides is 2. The van der Waals surface area contributed by atoms with E-state index in [0.717, 1.165) is 12.8 Å². The Morgan fingerprint density at radius 3 is 2.74 bits per heavy atom. The van der Waals surface area contributed by atoms with Crippen molar-refractivity contribution in [3.63, 3.8) is 0 Å². The SMILES string of the molecule is Cc1cc(NC(=O)N(CC(O)c2ccc(F)cc2)C2CC2)no1. The standard InChI is InChI=1S/C16H18FN3O3/c1-10-8-15(19-23-10)18-16(22)20(13-6-7-13)9-14(21)11-2-4-12(17)5-3-11/h2-5,8,13-14,21H,6-7,9H2,1H3,(H,18,19,22). The van der Waals surface area contributed by atoms with Gasteiger partial charge in [-0.1, -0.05) is 17.3 Å². The number of aromatic nitrogens is 1. The Kier molecular flexibility index (Phi) is 4.29. The van der Waals surface area contributed by atoms with Crippen LogP contribution >= 0.6 is 0 Å². The van der Waals surface area contributed by atoms with E-state index in [0.29, 0.717) is 17.1 Å². The van der Waals surface area contributed by atoms with E-state index in [9.17, 15) is 14.3 Å². The number of urea groups is 1. The zero-order chi connectivity index (χ0) is 16.4. The topological polar surface area (TPSA) is 78.6 Å². The van der Waals surface area contributed by atoms with Gasteiger partial charge in [-0.05, 0) is 37.5 Å². The molecule has 1 fully saturated rings. The first-order valence-electron chi connectivity index (χ1n) is 7.47. The van der Waals surface area contributed by atoms with Gasteiger partial charge in [-0.2, -0.15) is 0 Å². The molecule has 1 aromatic heterocycles. The van der Waals surface area contributed by atoms with Crippen molar-refractivity contribution < 1.29 is 18.8 Å². The monoisotopic (exact) mass is 319 g/mol. The average Bonchev–Trinajstić information content (AvgIpc) is 3.28. The number of carbonyl (C=O) groups excluding carboxylic acids is 1. The lowest BCUT2D eigenvalue weighted by molar-refractivity contribution is 0.123. The van der Waals surface area contributed by atoms with Crippen LogP contribution in [0.4, 0.5) is 15.0 Å². The lowest BCUT2D eigenvalue weighted by Gasteiger charge is -2.25. The lowest BCUT2D eigenvalue weighted by atomic mass is 10.1. The minimum atomic E-state index is -0.874. The fourth-order valence-electron chi connectivity index (χ4n) is 2.37. The maximum absolute atomic E-state index is 13.0. The first kappa shape index (κ1) is 15.5. The fourth-order valence-corrected chi connectivity index (χ4v) is 2.37. The second-order valence-electron chi connectivity index (χ2n) is 5.70. The molecule has 6 nitrogen and oxygen atoms in total. The molecule has 1 atom stereocenters. The van der Waals surface area contributed by atoms with Gasteiger partial charge in [-0.25, -0.2) is 9.18 Å². The molecule has 0 saturated heterocycles. The van der Waals surface area contributed by atoms with Crippen LogP contribution < -0.4 is 5.32 Å². The fraction of sp³-hybridized carbons (Fsp3) is 0.375. The molecule has 2 aromatic rings. The summed E-state index contributed by atoms with van der Waals surface area (Å²) in [5.74, 6) is 0.582. The van der Waals surface area contributed by atoms with E-state index in [4.69, 9.17) is 4.52 Å². The molecule has 1 heterocycles. The number of hydrogen-bond donors (Lipinski definition) is 2. The molecule has 1 unspecified atom stereocenters. The Bertz CT molecular complexity index is 682. The summed E-state index contributed by atoms with van der Waals surface area (Å²) in [4.78, 5) is 14.0. The molecule has 3 rings (SSSR count). The summed E-state index contributed by atoms with van der Waals surface area (Å²) in [5, 5.41) is 16.7. The van der Waals surface area contributed by atoms with Gasteiger partial charge in [0, 0.05) is 12.1 Å². The Morgan fingerprint density at radius 1 is 1.48 bits per heavy atom. The predicted molar refractivity (Wildman–Crippen MR) is 81.3 cm³/mol. The van der Waals surface area contributed by atoms with Crippen LogP contribution in [0.5, 0.6) is 0 Å². The van der Waals surface area contributed by atoms with Crippen molar-refractivity contribution in [1.29, 1.82) is 0 Å². The highest BCUT2D eigenvalue weighted by Crippen LogP contribution is 2.29.